The second-order valence-electron chi connectivity index (χ2n) is 4.32. The molecule has 0 saturated heterocycles. The van der Waals surface area contributed by atoms with E-state index in [0.29, 0.717) is 0 Å². The van der Waals surface area contributed by atoms with E-state index < -0.39 is 11.6 Å². The third-order valence-electron chi connectivity index (χ3n) is 2.94. The number of terminal acetylenes is 1. The van der Waals surface area contributed by atoms with E-state index in [9.17, 15) is 9.90 Å². The highest BCUT2D eigenvalue weighted by Crippen LogP contribution is 2.22. The van der Waals surface area contributed by atoms with Crippen LogP contribution in [0.15, 0.2) is 41.3 Å². The molecule has 0 aliphatic rings. The summed E-state index contributed by atoms with van der Waals surface area (Å²) < 4.78 is 1.13. The van der Waals surface area contributed by atoms with Gasteiger partial charge in [-0.1, -0.05) is 47.9 Å². The molecule has 0 spiro atoms. The Hall–Kier alpha value is -2.29. The zero-order valence-corrected chi connectivity index (χ0v) is 11.9. The summed E-state index contributed by atoms with van der Waals surface area (Å²) in [6, 6.07) is 8.83. The topological polar surface area (TPSA) is 67.2 Å². The van der Waals surface area contributed by atoms with Crippen LogP contribution in [0.25, 0.3) is 0 Å². The first-order chi connectivity index (χ1) is 10.2. The van der Waals surface area contributed by atoms with Gasteiger partial charge in [-0.15, -0.1) is 6.42 Å². The van der Waals surface area contributed by atoms with Crippen LogP contribution in [0.5, 0.6) is 0 Å². The normalized spacial score (nSPS) is 11.7. The molecule has 21 heavy (non-hydrogen) atoms. The molecule has 0 saturated carbocycles. The summed E-state index contributed by atoms with van der Waals surface area (Å²) in [5.74, 6) is 2.35. The van der Waals surface area contributed by atoms with Crippen LogP contribution in [-0.4, -0.2) is 21.5 Å². The molecule has 1 aromatic heterocycles. The highest BCUT2D eigenvalue weighted by atomic mass is 35.5. The molecule has 0 aliphatic carbocycles. The van der Waals surface area contributed by atoms with Crippen molar-refractivity contribution in [3.05, 3.63) is 57.5 Å². The Morgan fingerprint density at radius 3 is 2.76 bits per heavy atom. The number of nitrogens with one attached hydrogen (secondary N) is 1. The quantitative estimate of drug-likeness (QED) is 0.825. The molecule has 1 atom stereocenters. The standard InChI is InChI=1S/C15H14ClN3O2/c1-2-8-19-15(21)14(12(16)9-17-19)18-13(10-20)11-6-4-3-5-7-11/h1,3-7,9,13,18,20H,8,10H2. The second-order valence-corrected chi connectivity index (χ2v) is 4.73. The minimum Gasteiger partial charge on any atom is -0.394 e. The van der Waals surface area contributed by atoms with Crippen molar-refractivity contribution >= 4 is 17.3 Å². The summed E-state index contributed by atoms with van der Waals surface area (Å²) in [5, 5.41) is 16.5. The first-order valence-corrected chi connectivity index (χ1v) is 6.66. The van der Waals surface area contributed by atoms with Crippen LogP contribution in [-0.2, 0) is 6.54 Å². The van der Waals surface area contributed by atoms with Crippen LogP contribution in [0, 0.1) is 12.3 Å². The van der Waals surface area contributed by atoms with Crippen LogP contribution in [0.2, 0.25) is 5.02 Å². The first kappa shape index (κ1) is 15.1. The van der Waals surface area contributed by atoms with Gasteiger partial charge in [0, 0.05) is 0 Å². The van der Waals surface area contributed by atoms with Gasteiger partial charge in [-0.05, 0) is 5.56 Å². The average molecular weight is 304 g/mol. The molecule has 1 unspecified atom stereocenters. The maximum absolute atomic E-state index is 12.2. The van der Waals surface area contributed by atoms with E-state index in [2.05, 4.69) is 16.3 Å². The Bertz CT molecular complexity index is 707. The van der Waals surface area contributed by atoms with Crippen molar-refractivity contribution in [3.63, 3.8) is 0 Å². The van der Waals surface area contributed by atoms with E-state index >= 15 is 0 Å². The number of aliphatic hydroxyl groups excluding tert-OH is 1. The molecule has 5 nitrogen and oxygen atoms in total. The Kier molecular flexibility index (Phi) is 4.99. The SMILES string of the molecule is C#CCn1ncc(Cl)c(NC(CO)c2ccccc2)c1=O. The number of aliphatic hydroxyl groups is 1. The lowest BCUT2D eigenvalue weighted by Crippen LogP contribution is -2.28. The molecule has 2 rings (SSSR count). The summed E-state index contributed by atoms with van der Waals surface area (Å²) in [6.07, 6.45) is 6.54. The van der Waals surface area contributed by atoms with Crippen LogP contribution >= 0.6 is 11.6 Å². The van der Waals surface area contributed by atoms with Crippen molar-refractivity contribution in [2.75, 3.05) is 11.9 Å². The first-order valence-electron chi connectivity index (χ1n) is 6.28. The lowest BCUT2D eigenvalue weighted by Gasteiger charge is -2.18. The fourth-order valence-electron chi connectivity index (χ4n) is 1.89. The molecule has 2 aromatic rings. The number of hydrogen-bond donors (Lipinski definition) is 2. The Labute approximate surface area is 127 Å². The lowest BCUT2D eigenvalue weighted by molar-refractivity contribution is 0.276. The molecule has 0 bridgehead atoms. The molecule has 0 amide bonds. The highest BCUT2D eigenvalue weighted by Gasteiger charge is 2.16. The van der Waals surface area contributed by atoms with E-state index in [0.717, 1.165) is 10.2 Å². The number of hydrogen-bond acceptors (Lipinski definition) is 4. The van der Waals surface area contributed by atoms with Crippen molar-refractivity contribution in [2.24, 2.45) is 0 Å². The van der Waals surface area contributed by atoms with Crippen molar-refractivity contribution in [2.45, 2.75) is 12.6 Å². The van der Waals surface area contributed by atoms with E-state index in [-0.39, 0.29) is 23.9 Å². The fourth-order valence-corrected chi connectivity index (χ4v) is 2.07. The zero-order chi connectivity index (χ0) is 15.2. The number of benzene rings is 1. The summed E-state index contributed by atoms with van der Waals surface area (Å²) in [6.45, 7) is -0.128. The monoisotopic (exact) mass is 303 g/mol. The summed E-state index contributed by atoms with van der Waals surface area (Å²) in [7, 11) is 0. The molecular weight excluding hydrogens is 290 g/mol. The third kappa shape index (κ3) is 3.43. The minimum atomic E-state index is -0.446. The summed E-state index contributed by atoms with van der Waals surface area (Å²) >= 11 is 6.02. The van der Waals surface area contributed by atoms with E-state index in [1.165, 1.54) is 6.20 Å². The van der Waals surface area contributed by atoms with Gasteiger partial charge >= 0.3 is 0 Å². The molecule has 0 fully saturated rings. The summed E-state index contributed by atoms with van der Waals surface area (Å²) in [4.78, 5) is 12.2. The van der Waals surface area contributed by atoms with Crippen molar-refractivity contribution in [1.82, 2.24) is 9.78 Å². The van der Waals surface area contributed by atoms with Gasteiger partial charge in [0.1, 0.15) is 12.2 Å². The van der Waals surface area contributed by atoms with Gasteiger partial charge in [0.2, 0.25) is 0 Å². The van der Waals surface area contributed by atoms with Gasteiger partial charge in [-0.25, -0.2) is 4.68 Å². The van der Waals surface area contributed by atoms with Crippen molar-refractivity contribution in [1.29, 1.82) is 0 Å². The van der Waals surface area contributed by atoms with Crippen LogP contribution in [0.3, 0.4) is 0 Å². The maximum atomic E-state index is 12.2. The van der Waals surface area contributed by atoms with E-state index in [1.807, 2.05) is 30.3 Å². The number of nitrogens with zero attached hydrogens (tertiary/aromatic N) is 2. The van der Waals surface area contributed by atoms with Crippen molar-refractivity contribution < 1.29 is 5.11 Å². The highest BCUT2D eigenvalue weighted by molar-refractivity contribution is 6.33. The molecule has 2 N–H and O–H groups in total. The maximum Gasteiger partial charge on any atom is 0.292 e. The van der Waals surface area contributed by atoms with E-state index in [1.54, 1.807) is 0 Å². The number of aromatic nitrogens is 2. The number of rotatable bonds is 5. The predicted octanol–water partition coefficient (Wildman–Crippen LogP) is 1.68. The van der Waals surface area contributed by atoms with Crippen LogP contribution < -0.4 is 10.9 Å². The number of halogens is 1. The fraction of sp³-hybridized carbons (Fsp3) is 0.200. The van der Waals surface area contributed by atoms with Gasteiger partial charge in [0.15, 0.2) is 0 Å². The molecule has 1 aromatic carbocycles. The minimum absolute atomic E-state index is 0.0554. The Morgan fingerprint density at radius 2 is 2.14 bits per heavy atom. The second kappa shape index (κ2) is 6.93. The lowest BCUT2D eigenvalue weighted by atomic mass is 10.1. The molecular formula is C15H14ClN3O2. The molecule has 1 heterocycles. The van der Waals surface area contributed by atoms with Gasteiger partial charge in [0.05, 0.1) is 23.9 Å². The largest absolute Gasteiger partial charge is 0.394 e. The van der Waals surface area contributed by atoms with Crippen LogP contribution in [0.4, 0.5) is 5.69 Å². The van der Waals surface area contributed by atoms with Crippen LogP contribution in [0.1, 0.15) is 11.6 Å². The van der Waals surface area contributed by atoms with Gasteiger partial charge in [-0.2, -0.15) is 5.10 Å². The third-order valence-corrected chi connectivity index (χ3v) is 3.23. The Morgan fingerprint density at radius 1 is 1.43 bits per heavy atom. The molecule has 108 valence electrons. The van der Waals surface area contributed by atoms with Gasteiger partial charge in [0.25, 0.3) is 5.56 Å². The smallest absolute Gasteiger partial charge is 0.292 e. The predicted molar refractivity (Wildman–Crippen MR) is 82.2 cm³/mol. The zero-order valence-electron chi connectivity index (χ0n) is 11.2. The van der Waals surface area contributed by atoms with E-state index in [4.69, 9.17) is 18.0 Å². The molecule has 0 aliphatic heterocycles. The average Bonchev–Trinajstić information content (AvgIpc) is 2.51. The summed E-state index contributed by atoms with van der Waals surface area (Å²) in [5.41, 5.74) is 0.593. The van der Waals surface area contributed by atoms with Crippen molar-refractivity contribution in [3.8, 4) is 12.3 Å². The molecule has 6 heteroatoms. The molecule has 0 radical (unpaired) electrons. The van der Waals surface area contributed by atoms with Gasteiger partial charge < -0.3 is 10.4 Å². The Balaban J connectivity index is 2.36. The van der Waals surface area contributed by atoms with Gasteiger partial charge in [-0.3, -0.25) is 4.79 Å². The number of anilines is 1.